The van der Waals surface area contributed by atoms with Gasteiger partial charge < -0.3 is 4.74 Å². The summed E-state index contributed by atoms with van der Waals surface area (Å²) in [4.78, 5) is 4.10. The third-order valence-corrected chi connectivity index (χ3v) is 1.29. The highest BCUT2D eigenvalue weighted by Gasteiger charge is 1.90. The summed E-state index contributed by atoms with van der Waals surface area (Å²) in [5.41, 5.74) is 0.995. The normalized spacial score (nSPS) is 9.09. The third kappa shape index (κ3) is 2.80. The first-order chi connectivity index (χ1) is 5.43. The van der Waals surface area contributed by atoms with Crippen molar-refractivity contribution in [1.29, 1.82) is 5.41 Å². The SMILES string of the molecule is N=COCCc1ccccn1. The van der Waals surface area contributed by atoms with Crippen LogP contribution in [0.5, 0.6) is 0 Å². The lowest BCUT2D eigenvalue weighted by Gasteiger charge is -1.97. The summed E-state index contributed by atoms with van der Waals surface area (Å²) >= 11 is 0. The van der Waals surface area contributed by atoms with Crippen LogP contribution in [0.15, 0.2) is 24.4 Å². The lowest BCUT2D eigenvalue weighted by molar-refractivity contribution is 0.320. The van der Waals surface area contributed by atoms with Crippen LogP contribution in [0.1, 0.15) is 5.69 Å². The Hall–Kier alpha value is -1.38. The van der Waals surface area contributed by atoms with Gasteiger partial charge in [0.2, 0.25) is 0 Å². The Morgan fingerprint density at radius 3 is 3.09 bits per heavy atom. The topological polar surface area (TPSA) is 46.0 Å². The minimum atomic E-state index is 0.528. The minimum absolute atomic E-state index is 0.528. The van der Waals surface area contributed by atoms with Crippen LogP contribution in [0.25, 0.3) is 0 Å². The Morgan fingerprint density at radius 2 is 2.45 bits per heavy atom. The Balaban J connectivity index is 2.33. The van der Waals surface area contributed by atoms with Gasteiger partial charge in [0.1, 0.15) is 0 Å². The highest BCUT2D eigenvalue weighted by molar-refractivity contribution is 5.40. The number of ether oxygens (including phenoxy) is 1. The van der Waals surface area contributed by atoms with E-state index in [-0.39, 0.29) is 0 Å². The van der Waals surface area contributed by atoms with Crippen molar-refractivity contribution in [2.75, 3.05) is 6.61 Å². The van der Waals surface area contributed by atoms with Gasteiger partial charge in [-0.3, -0.25) is 10.4 Å². The predicted octanol–water partition coefficient (Wildman–Crippen LogP) is 1.25. The lowest BCUT2D eigenvalue weighted by atomic mass is 10.3. The molecule has 0 aliphatic rings. The first-order valence-corrected chi connectivity index (χ1v) is 3.44. The van der Waals surface area contributed by atoms with Crippen molar-refractivity contribution in [3.63, 3.8) is 0 Å². The van der Waals surface area contributed by atoms with Gasteiger partial charge in [0, 0.05) is 18.3 Å². The van der Waals surface area contributed by atoms with Crippen molar-refractivity contribution >= 4 is 6.40 Å². The van der Waals surface area contributed by atoms with E-state index < -0.39 is 0 Å². The fraction of sp³-hybridized carbons (Fsp3) is 0.250. The van der Waals surface area contributed by atoms with Crippen LogP contribution in [0, 0.1) is 5.41 Å². The number of aromatic nitrogens is 1. The molecule has 11 heavy (non-hydrogen) atoms. The fourth-order valence-corrected chi connectivity index (χ4v) is 0.768. The first kappa shape index (κ1) is 7.72. The molecule has 0 unspecified atom stereocenters. The number of nitrogens with one attached hydrogen (secondary N) is 1. The van der Waals surface area contributed by atoms with Crippen LogP contribution in [-0.2, 0) is 11.2 Å². The Labute approximate surface area is 65.5 Å². The van der Waals surface area contributed by atoms with Crippen LogP contribution in [0.3, 0.4) is 0 Å². The second-order valence-corrected chi connectivity index (χ2v) is 2.06. The molecule has 0 saturated carbocycles. The Kier molecular flexibility index (Phi) is 3.12. The highest BCUT2D eigenvalue weighted by atomic mass is 16.5. The van der Waals surface area contributed by atoms with E-state index in [1.807, 2.05) is 18.2 Å². The van der Waals surface area contributed by atoms with Gasteiger partial charge in [-0.05, 0) is 12.1 Å². The number of nitrogens with zero attached hydrogens (tertiary/aromatic N) is 1. The summed E-state index contributed by atoms with van der Waals surface area (Å²) in [6.45, 7) is 0.528. The van der Waals surface area contributed by atoms with E-state index in [0.29, 0.717) is 6.61 Å². The second kappa shape index (κ2) is 4.44. The molecule has 58 valence electrons. The van der Waals surface area contributed by atoms with E-state index in [4.69, 9.17) is 10.1 Å². The van der Waals surface area contributed by atoms with Crippen molar-refractivity contribution in [2.45, 2.75) is 6.42 Å². The molecule has 1 heterocycles. The van der Waals surface area contributed by atoms with Gasteiger partial charge >= 0.3 is 0 Å². The van der Waals surface area contributed by atoms with E-state index in [0.717, 1.165) is 18.5 Å². The summed E-state index contributed by atoms with van der Waals surface area (Å²) in [6, 6.07) is 5.75. The largest absolute Gasteiger partial charge is 0.483 e. The van der Waals surface area contributed by atoms with Crippen molar-refractivity contribution in [2.24, 2.45) is 0 Å². The molecule has 3 heteroatoms. The maximum Gasteiger partial charge on any atom is 0.166 e. The van der Waals surface area contributed by atoms with Crippen LogP contribution in [0.2, 0.25) is 0 Å². The van der Waals surface area contributed by atoms with Crippen molar-refractivity contribution in [3.05, 3.63) is 30.1 Å². The third-order valence-electron chi connectivity index (χ3n) is 1.29. The van der Waals surface area contributed by atoms with E-state index in [2.05, 4.69) is 4.98 Å². The number of pyridine rings is 1. The van der Waals surface area contributed by atoms with Crippen LogP contribution >= 0.6 is 0 Å². The van der Waals surface area contributed by atoms with Crippen LogP contribution < -0.4 is 0 Å². The molecule has 0 fully saturated rings. The quantitative estimate of drug-likeness (QED) is 0.399. The molecule has 1 aromatic rings. The molecule has 0 bridgehead atoms. The second-order valence-electron chi connectivity index (χ2n) is 2.06. The van der Waals surface area contributed by atoms with Crippen molar-refractivity contribution in [1.82, 2.24) is 4.98 Å². The fourth-order valence-electron chi connectivity index (χ4n) is 0.768. The average Bonchev–Trinajstić information content (AvgIpc) is 2.07. The molecule has 1 rings (SSSR count). The molecule has 3 nitrogen and oxygen atoms in total. The van der Waals surface area contributed by atoms with E-state index >= 15 is 0 Å². The van der Waals surface area contributed by atoms with Crippen LogP contribution in [-0.4, -0.2) is 18.0 Å². The lowest BCUT2D eigenvalue weighted by Crippen LogP contribution is -1.97. The van der Waals surface area contributed by atoms with E-state index in [1.165, 1.54) is 0 Å². The number of rotatable bonds is 4. The summed E-state index contributed by atoms with van der Waals surface area (Å²) in [7, 11) is 0. The molecule has 1 aromatic heterocycles. The molecule has 0 aliphatic heterocycles. The molecule has 0 aromatic carbocycles. The molecule has 0 aliphatic carbocycles. The van der Waals surface area contributed by atoms with Crippen LogP contribution in [0.4, 0.5) is 0 Å². The molecular weight excluding hydrogens is 140 g/mol. The maximum absolute atomic E-state index is 6.60. The summed E-state index contributed by atoms with van der Waals surface area (Å²) < 4.78 is 4.74. The van der Waals surface area contributed by atoms with Gasteiger partial charge in [-0.25, -0.2) is 0 Å². The zero-order valence-corrected chi connectivity index (χ0v) is 6.16. The first-order valence-electron chi connectivity index (χ1n) is 3.44. The molecule has 0 radical (unpaired) electrons. The Bertz CT molecular complexity index is 211. The van der Waals surface area contributed by atoms with E-state index in [1.54, 1.807) is 6.20 Å². The molecule has 1 N–H and O–H groups in total. The molecule has 0 spiro atoms. The van der Waals surface area contributed by atoms with Gasteiger partial charge in [-0.15, -0.1) is 0 Å². The monoisotopic (exact) mass is 150 g/mol. The highest BCUT2D eigenvalue weighted by Crippen LogP contribution is 1.93. The van der Waals surface area contributed by atoms with Gasteiger partial charge in [-0.2, -0.15) is 0 Å². The molecule has 0 amide bonds. The molecule has 0 saturated heterocycles. The maximum atomic E-state index is 6.60. The average molecular weight is 150 g/mol. The predicted molar refractivity (Wildman–Crippen MR) is 42.7 cm³/mol. The molecular formula is C8H10N2O. The summed E-state index contributed by atoms with van der Waals surface area (Å²) in [5.74, 6) is 0. The van der Waals surface area contributed by atoms with Crippen molar-refractivity contribution in [3.8, 4) is 0 Å². The number of hydrogen-bond acceptors (Lipinski definition) is 3. The van der Waals surface area contributed by atoms with Gasteiger partial charge in [0.15, 0.2) is 6.40 Å². The zero-order valence-electron chi connectivity index (χ0n) is 6.16. The molecule has 0 atom stereocenters. The smallest absolute Gasteiger partial charge is 0.166 e. The van der Waals surface area contributed by atoms with Crippen molar-refractivity contribution < 1.29 is 4.74 Å². The summed E-state index contributed by atoms with van der Waals surface area (Å²) in [6.07, 6.45) is 3.46. The van der Waals surface area contributed by atoms with Gasteiger partial charge in [-0.1, -0.05) is 6.07 Å². The number of hydrogen-bond donors (Lipinski definition) is 1. The van der Waals surface area contributed by atoms with Gasteiger partial charge in [0.05, 0.1) is 6.61 Å². The summed E-state index contributed by atoms with van der Waals surface area (Å²) in [5, 5.41) is 6.60. The van der Waals surface area contributed by atoms with E-state index in [9.17, 15) is 0 Å². The van der Waals surface area contributed by atoms with Gasteiger partial charge in [0.25, 0.3) is 0 Å². The standard InChI is InChI=1S/C8H10N2O/c9-7-11-6-4-8-3-1-2-5-10-8/h1-3,5,7,9H,4,6H2. The zero-order chi connectivity index (χ0) is 7.94. The Morgan fingerprint density at radius 1 is 1.55 bits per heavy atom. The minimum Gasteiger partial charge on any atom is -0.483 e.